The lowest BCUT2D eigenvalue weighted by molar-refractivity contribution is -0.142. The lowest BCUT2D eigenvalue weighted by Crippen LogP contribution is -2.20. The van der Waals surface area contributed by atoms with E-state index in [1.54, 1.807) is 0 Å². The smallest absolute Gasteiger partial charge is 0.333 e. The van der Waals surface area contributed by atoms with E-state index < -0.39 is 0 Å². The molecule has 4 heteroatoms. The minimum atomic E-state index is -0.309. The number of carbonyl (C=O) groups is 1. The van der Waals surface area contributed by atoms with Crippen molar-refractivity contribution in [3.8, 4) is 0 Å². The summed E-state index contributed by atoms with van der Waals surface area (Å²) in [6.45, 7) is 5.69. The Balaban J connectivity index is 1.65. The molecule has 2 aliphatic rings. The summed E-state index contributed by atoms with van der Waals surface area (Å²) in [6, 6.07) is 0. The topological polar surface area (TPSA) is 44.8 Å². The van der Waals surface area contributed by atoms with Crippen molar-refractivity contribution in [2.24, 2.45) is 0 Å². The molecular formula is C13H20O4. The molecule has 0 radical (unpaired) electrons. The van der Waals surface area contributed by atoms with Crippen LogP contribution in [-0.4, -0.2) is 38.0 Å². The molecule has 2 aliphatic heterocycles. The summed E-state index contributed by atoms with van der Waals surface area (Å²) in [5.74, 6) is -0.309. The summed E-state index contributed by atoms with van der Waals surface area (Å²) in [5.41, 5.74) is 0.509. The standard InChI is InChI=1S/C13H20O4/c1-10(8-11-4-2-6-15-11)13(14)17-9-12-5-3-7-16-12/h11-12H,1-9H2. The van der Waals surface area contributed by atoms with E-state index in [4.69, 9.17) is 14.2 Å². The maximum atomic E-state index is 11.7. The van der Waals surface area contributed by atoms with Crippen molar-refractivity contribution in [2.75, 3.05) is 19.8 Å². The SMILES string of the molecule is C=C(CC1CCCO1)C(=O)OCC1CCCO1. The molecule has 0 aliphatic carbocycles. The molecule has 96 valence electrons. The zero-order valence-corrected chi connectivity index (χ0v) is 10.2. The third-order valence-corrected chi connectivity index (χ3v) is 3.21. The van der Waals surface area contributed by atoms with Gasteiger partial charge in [0.25, 0.3) is 0 Å². The zero-order valence-electron chi connectivity index (χ0n) is 10.2. The molecule has 0 saturated carbocycles. The van der Waals surface area contributed by atoms with Crippen LogP contribution in [0.3, 0.4) is 0 Å². The van der Waals surface area contributed by atoms with Crippen LogP contribution in [0.4, 0.5) is 0 Å². The first-order valence-corrected chi connectivity index (χ1v) is 6.34. The molecule has 2 rings (SSSR count). The minimum absolute atomic E-state index is 0.0782. The van der Waals surface area contributed by atoms with E-state index >= 15 is 0 Å². The number of hydrogen-bond donors (Lipinski definition) is 0. The Morgan fingerprint density at radius 2 is 1.82 bits per heavy atom. The van der Waals surface area contributed by atoms with Gasteiger partial charge in [-0.1, -0.05) is 6.58 Å². The first-order valence-electron chi connectivity index (χ1n) is 6.34. The van der Waals surface area contributed by atoms with Crippen molar-refractivity contribution in [1.82, 2.24) is 0 Å². The zero-order chi connectivity index (χ0) is 12.1. The summed E-state index contributed by atoms with van der Waals surface area (Å²) >= 11 is 0. The molecule has 0 N–H and O–H groups in total. The van der Waals surface area contributed by atoms with E-state index in [0.717, 1.165) is 38.9 Å². The largest absolute Gasteiger partial charge is 0.460 e. The molecule has 2 unspecified atom stereocenters. The van der Waals surface area contributed by atoms with E-state index in [2.05, 4.69) is 6.58 Å². The molecule has 17 heavy (non-hydrogen) atoms. The number of carbonyl (C=O) groups excluding carboxylic acids is 1. The summed E-state index contributed by atoms with van der Waals surface area (Å²) < 4.78 is 16.0. The molecule has 0 spiro atoms. The predicted molar refractivity (Wildman–Crippen MR) is 62.7 cm³/mol. The third kappa shape index (κ3) is 3.82. The van der Waals surface area contributed by atoms with Gasteiger partial charge in [0.05, 0.1) is 12.2 Å². The molecule has 0 aromatic carbocycles. The maximum Gasteiger partial charge on any atom is 0.333 e. The summed E-state index contributed by atoms with van der Waals surface area (Å²) in [4.78, 5) is 11.7. The molecule has 2 saturated heterocycles. The third-order valence-electron chi connectivity index (χ3n) is 3.21. The molecule has 0 aromatic rings. The van der Waals surface area contributed by atoms with Gasteiger partial charge in [-0.05, 0) is 25.7 Å². The second kappa shape index (κ2) is 6.17. The highest BCUT2D eigenvalue weighted by molar-refractivity contribution is 5.87. The highest BCUT2D eigenvalue weighted by Crippen LogP contribution is 2.20. The average Bonchev–Trinajstić information content (AvgIpc) is 2.98. The van der Waals surface area contributed by atoms with Gasteiger partial charge in [-0.3, -0.25) is 0 Å². The number of hydrogen-bond acceptors (Lipinski definition) is 4. The van der Waals surface area contributed by atoms with Crippen molar-refractivity contribution in [3.05, 3.63) is 12.2 Å². The lowest BCUT2D eigenvalue weighted by Gasteiger charge is -2.13. The minimum Gasteiger partial charge on any atom is -0.460 e. The van der Waals surface area contributed by atoms with E-state index in [-0.39, 0.29) is 18.2 Å². The van der Waals surface area contributed by atoms with Crippen LogP contribution in [-0.2, 0) is 19.0 Å². The van der Waals surface area contributed by atoms with Crippen LogP contribution in [0.1, 0.15) is 32.1 Å². The fraction of sp³-hybridized carbons (Fsp3) is 0.769. The molecule has 2 heterocycles. The first kappa shape index (κ1) is 12.6. The number of rotatable bonds is 5. The Morgan fingerprint density at radius 1 is 1.18 bits per heavy atom. The van der Waals surface area contributed by atoms with Crippen molar-refractivity contribution < 1.29 is 19.0 Å². The van der Waals surface area contributed by atoms with E-state index in [9.17, 15) is 4.79 Å². The normalized spacial score (nSPS) is 28.2. The van der Waals surface area contributed by atoms with E-state index in [0.29, 0.717) is 18.6 Å². The fourth-order valence-corrected chi connectivity index (χ4v) is 2.21. The van der Waals surface area contributed by atoms with Crippen LogP contribution >= 0.6 is 0 Å². The maximum absolute atomic E-state index is 11.7. The van der Waals surface area contributed by atoms with E-state index in [1.165, 1.54) is 0 Å². The first-order chi connectivity index (χ1) is 8.25. The Morgan fingerprint density at radius 3 is 2.41 bits per heavy atom. The summed E-state index contributed by atoms with van der Waals surface area (Å²) in [5, 5.41) is 0. The van der Waals surface area contributed by atoms with Gasteiger partial charge < -0.3 is 14.2 Å². The Bertz CT molecular complexity index is 275. The Kier molecular flexibility index (Phi) is 4.57. The van der Waals surface area contributed by atoms with Crippen molar-refractivity contribution in [1.29, 1.82) is 0 Å². The lowest BCUT2D eigenvalue weighted by atomic mass is 10.1. The monoisotopic (exact) mass is 240 g/mol. The van der Waals surface area contributed by atoms with E-state index in [1.807, 2.05) is 0 Å². The van der Waals surface area contributed by atoms with Crippen molar-refractivity contribution >= 4 is 5.97 Å². The molecule has 0 bridgehead atoms. The van der Waals surface area contributed by atoms with Crippen LogP contribution in [0.5, 0.6) is 0 Å². The van der Waals surface area contributed by atoms with Gasteiger partial charge >= 0.3 is 5.97 Å². The number of ether oxygens (including phenoxy) is 3. The molecular weight excluding hydrogens is 220 g/mol. The van der Waals surface area contributed by atoms with Gasteiger partial charge in [-0.15, -0.1) is 0 Å². The van der Waals surface area contributed by atoms with Crippen LogP contribution in [0.25, 0.3) is 0 Å². The number of esters is 1. The highest BCUT2D eigenvalue weighted by atomic mass is 16.6. The quantitative estimate of drug-likeness (QED) is 0.543. The highest BCUT2D eigenvalue weighted by Gasteiger charge is 2.22. The predicted octanol–water partition coefficient (Wildman–Crippen LogP) is 1.83. The molecule has 2 fully saturated rings. The van der Waals surface area contributed by atoms with Crippen LogP contribution in [0, 0.1) is 0 Å². The Hall–Kier alpha value is -0.870. The van der Waals surface area contributed by atoms with Gasteiger partial charge in [0.15, 0.2) is 0 Å². The van der Waals surface area contributed by atoms with Gasteiger partial charge in [0.1, 0.15) is 6.61 Å². The summed E-state index contributed by atoms with van der Waals surface area (Å²) in [7, 11) is 0. The second-order valence-electron chi connectivity index (χ2n) is 4.68. The van der Waals surface area contributed by atoms with Crippen molar-refractivity contribution in [2.45, 2.75) is 44.3 Å². The molecule has 0 aromatic heterocycles. The van der Waals surface area contributed by atoms with Gasteiger partial charge in [0, 0.05) is 25.2 Å². The molecule has 2 atom stereocenters. The summed E-state index contributed by atoms with van der Waals surface area (Å²) in [6.07, 6.45) is 4.93. The van der Waals surface area contributed by atoms with Gasteiger partial charge in [-0.25, -0.2) is 4.79 Å². The molecule has 4 nitrogen and oxygen atoms in total. The average molecular weight is 240 g/mol. The van der Waals surface area contributed by atoms with Gasteiger partial charge in [0.2, 0.25) is 0 Å². The van der Waals surface area contributed by atoms with Crippen LogP contribution in [0.15, 0.2) is 12.2 Å². The second-order valence-corrected chi connectivity index (χ2v) is 4.68. The fourth-order valence-electron chi connectivity index (χ4n) is 2.21. The molecule has 0 amide bonds. The Labute approximate surface area is 102 Å². The van der Waals surface area contributed by atoms with Crippen LogP contribution < -0.4 is 0 Å². The van der Waals surface area contributed by atoms with Crippen LogP contribution in [0.2, 0.25) is 0 Å². The van der Waals surface area contributed by atoms with Crippen molar-refractivity contribution in [3.63, 3.8) is 0 Å². The van der Waals surface area contributed by atoms with Gasteiger partial charge in [-0.2, -0.15) is 0 Å².